The Balaban J connectivity index is 2.08. The van der Waals surface area contributed by atoms with Gasteiger partial charge in [-0.25, -0.2) is 0 Å². The van der Waals surface area contributed by atoms with Crippen molar-refractivity contribution in [3.63, 3.8) is 0 Å². The summed E-state index contributed by atoms with van der Waals surface area (Å²) in [4.78, 5) is 4.39. The first-order valence-corrected chi connectivity index (χ1v) is 6.27. The third-order valence-electron chi connectivity index (χ3n) is 2.60. The van der Waals surface area contributed by atoms with Crippen molar-refractivity contribution in [2.24, 2.45) is 0 Å². The van der Waals surface area contributed by atoms with E-state index in [1.165, 1.54) is 16.7 Å². The number of benzene rings is 1. The maximum Gasteiger partial charge on any atom is 0.0436 e. The van der Waals surface area contributed by atoms with Crippen molar-refractivity contribution in [3.05, 3.63) is 65.5 Å². The Labute approximate surface area is 105 Å². The van der Waals surface area contributed by atoms with Crippen LogP contribution in [0.25, 0.3) is 0 Å². The van der Waals surface area contributed by atoms with Gasteiger partial charge in [0.2, 0.25) is 0 Å². The largest absolute Gasteiger partial charge is 0.265 e. The van der Waals surface area contributed by atoms with E-state index in [0.29, 0.717) is 4.83 Å². The number of hydrogen-bond donors (Lipinski definition) is 0. The second kappa shape index (κ2) is 5.26. The highest BCUT2D eigenvalue weighted by Gasteiger charge is 2.07. The minimum Gasteiger partial charge on any atom is -0.265 e. The molecule has 0 aliphatic rings. The van der Waals surface area contributed by atoms with Crippen molar-refractivity contribution in [1.82, 2.24) is 4.98 Å². The van der Waals surface area contributed by atoms with Crippen molar-refractivity contribution >= 4 is 15.9 Å². The molecule has 1 aromatic heterocycles. The molecule has 0 aliphatic carbocycles. The highest BCUT2D eigenvalue weighted by molar-refractivity contribution is 9.09. The monoisotopic (exact) mass is 275 g/mol. The summed E-state index contributed by atoms with van der Waals surface area (Å²) in [5, 5.41) is 0. The Bertz CT molecular complexity index is 436. The molecular weight excluding hydrogens is 262 g/mol. The first-order valence-electron chi connectivity index (χ1n) is 5.35. The van der Waals surface area contributed by atoms with Crippen molar-refractivity contribution in [3.8, 4) is 0 Å². The van der Waals surface area contributed by atoms with Crippen LogP contribution in [0.5, 0.6) is 0 Å². The summed E-state index contributed by atoms with van der Waals surface area (Å²) in [6.45, 7) is 2.11. The predicted octanol–water partition coefficient (Wildman–Crippen LogP) is 4.07. The lowest BCUT2D eigenvalue weighted by molar-refractivity contribution is 0.943. The van der Waals surface area contributed by atoms with Crippen molar-refractivity contribution in [2.45, 2.75) is 18.2 Å². The van der Waals surface area contributed by atoms with Gasteiger partial charge in [0.1, 0.15) is 0 Å². The number of nitrogens with zero attached hydrogens (tertiary/aromatic N) is 1. The van der Waals surface area contributed by atoms with Crippen LogP contribution in [0.3, 0.4) is 0 Å². The fraction of sp³-hybridized carbons (Fsp3) is 0.214. The molecule has 2 aromatic rings. The van der Waals surface area contributed by atoms with Crippen molar-refractivity contribution in [1.29, 1.82) is 0 Å². The van der Waals surface area contributed by atoms with Crippen LogP contribution in [0.1, 0.15) is 21.5 Å². The third-order valence-corrected chi connectivity index (χ3v) is 3.46. The quantitative estimate of drug-likeness (QED) is 0.770. The Hall–Kier alpha value is -1.15. The molecule has 1 heterocycles. The molecule has 0 N–H and O–H groups in total. The highest BCUT2D eigenvalue weighted by Crippen LogP contribution is 2.26. The maximum absolute atomic E-state index is 4.03. The van der Waals surface area contributed by atoms with Gasteiger partial charge in [-0.1, -0.05) is 45.8 Å². The van der Waals surface area contributed by atoms with Gasteiger partial charge in [-0.3, -0.25) is 4.98 Å². The van der Waals surface area contributed by atoms with Gasteiger partial charge >= 0.3 is 0 Å². The minimum atomic E-state index is 0.359. The second-order valence-electron chi connectivity index (χ2n) is 3.94. The van der Waals surface area contributed by atoms with E-state index in [9.17, 15) is 0 Å². The summed E-state index contributed by atoms with van der Waals surface area (Å²) >= 11 is 3.71. The Morgan fingerprint density at radius 3 is 2.31 bits per heavy atom. The summed E-state index contributed by atoms with van der Waals surface area (Å²) < 4.78 is 0. The Morgan fingerprint density at radius 2 is 1.69 bits per heavy atom. The van der Waals surface area contributed by atoms with E-state index in [-0.39, 0.29) is 0 Å². The van der Waals surface area contributed by atoms with E-state index < -0.39 is 0 Å². The number of aromatic nitrogens is 1. The summed E-state index contributed by atoms with van der Waals surface area (Å²) in [6.07, 6.45) is 4.67. The molecule has 0 saturated carbocycles. The van der Waals surface area contributed by atoms with Crippen LogP contribution < -0.4 is 0 Å². The predicted molar refractivity (Wildman–Crippen MR) is 70.8 cm³/mol. The van der Waals surface area contributed by atoms with E-state index in [4.69, 9.17) is 0 Å². The van der Waals surface area contributed by atoms with E-state index >= 15 is 0 Å². The number of aryl methyl sites for hydroxylation is 1. The molecule has 0 saturated heterocycles. The summed E-state index contributed by atoms with van der Waals surface area (Å²) in [7, 11) is 0. The molecule has 2 rings (SSSR count). The van der Waals surface area contributed by atoms with Crippen LogP contribution in [0, 0.1) is 6.92 Å². The molecule has 82 valence electrons. The molecular formula is C14H14BrN. The number of pyridine rings is 1. The summed E-state index contributed by atoms with van der Waals surface area (Å²) in [5.74, 6) is 0. The number of alkyl halides is 1. The molecule has 1 nitrogen and oxygen atoms in total. The van der Waals surface area contributed by atoms with Gasteiger partial charge < -0.3 is 0 Å². The van der Waals surface area contributed by atoms with E-state index in [2.05, 4.69) is 52.1 Å². The Morgan fingerprint density at radius 1 is 1.06 bits per heavy atom. The molecule has 1 atom stereocenters. The summed E-state index contributed by atoms with van der Waals surface area (Å²) in [5.41, 5.74) is 3.93. The molecule has 0 amide bonds. The van der Waals surface area contributed by atoms with E-state index in [1.807, 2.05) is 24.5 Å². The zero-order chi connectivity index (χ0) is 11.4. The number of halogens is 1. The minimum absolute atomic E-state index is 0.359. The molecule has 1 aromatic carbocycles. The molecule has 2 heteroatoms. The molecule has 1 unspecified atom stereocenters. The van der Waals surface area contributed by atoms with Crippen molar-refractivity contribution < 1.29 is 0 Å². The second-order valence-corrected chi connectivity index (χ2v) is 5.04. The molecule has 0 radical (unpaired) electrons. The lowest BCUT2D eigenvalue weighted by atomic mass is 10.0. The average Bonchev–Trinajstić information content (AvgIpc) is 2.33. The lowest BCUT2D eigenvalue weighted by Crippen LogP contribution is -1.95. The maximum atomic E-state index is 4.03. The van der Waals surface area contributed by atoms with Crippen molar-refractivity contribution in [2.75, 3.05) is 0 Å². The van der Waals surface area contributed by atoms with Gasteiger partial charge in [0.05, 0.1) is 0 Å². The third kappa shape index (κ3) is 2.92. The smallest absolute Gasteiger partial charge is 0.0436 e. The SMILES string of the molecule is Cc1ccc(CC(Br)c2ccncc2)cc1. The summed E-state index contributed by atoms with van der Waals surface area (Å²) in [6, 6.07) is 12.8. The van der Waals surface area contributed by atoms with Crippen LogP contribution >= 0.6 is 15.9 Å². The lowest BCUT2D eigenvalue weighted by Gasteiger charge is -2.10. The van der Waals surface area contributed by atoms with E-state index in [0.717, 1.165) is 6.42 Å². The standard InChI is InChI=1S/C14H14BrN/c1-11-2-4-12(5-3-11)10-14(15)13-6-8-16-9-7-13/h2-9,14H,10H2,1H3. The zero-order valence-corrected chi connectivity index (χ0v) is 10.8. The van der Waals surface area contributed by atoms with Gasteiger partial charge in [0.25, 0.3) is 0 Å². The molecule has 0 bridgehead atoms. The van der Waals surface area contributed by atoms with Gasteiger partial charge in [0.15, 0.2) is 0 Å². The normalized spacial score (nSPS) is 12.4. The fourth-order valence-electron chi connectivity index (χ4n) is 1.62. The van der Waals surface area contributed by atoms with Gasteiger partial charge in [-0.15, -0.1) is 0 Å². The molecule has 0 aliphatic heterocycles. The van der Waals surface area contributed by atoms with E-state index in [1.54, 1.807) is 0 Å². The molecule has 16 heavy (non-hydrogen) atoms. The van der Waals surface area contributed by atoms with Gasteiger partial charge in [0, 0.05) is 17.2 Å². The fourth-order valence-corrected chi connectivity index (χ4v) is 2.30. The van der Waals surface area contributed by atoms with Crippen LogP contribution in [0.4, 0.5) is 0 Å². The van der Waals surface area contributed by atoms with Crippen LogP contribution in [-0.2, 0) is 6.42 Å². The van der Waals surface area contributed by atoms with Crippen LogP contribution in [0.2, 0.25) is 0 Å². The molecule has 0 spiro atoms. The number of rotatable bonds is 3. The Kier molecular flexibility index (Phi) is 3.73. The zero-order valence-electron chi connectivity index (χ0n) is 9.23. The topological polar surface area (TPSA) is 12.9 Å². The first kappa shape index (κ1) is 11.3. The van der Waals surface area contributed by atoms with Gasteiger partial charge in [-0.05, 0) is 36.6 Å². The average molecular weight is 276 g/mol. The highest BCUT2D eigenvalue weighted by atomic mass is 79.9. The first-order chi connectivity index (χ1) is 7.75. The van der Waals surface area contributed by atoms with Crippen LogP contribution in [0.15, 0.2) is 48.8 Å². The van der Waals surface area contributed by atoms with Gasteiger partial charge in [-0.2, -0.15) is 0 Å². The van der Waals surface area contributed by atoms with Crippen LogP contribution in [-0.4, -0.2) is 4.98 Å². The molecule has 0 fully saturated rings. The number of hydrogen-bond acceptors (Lipinski definition) is 1.